The Bertz CT molecular complexity index is 614. The lowest BCUT2D eigenvalue weighted by molar-refractivity contribution is -0.127. The molecule has 2 heterocycles. The molecule has 0 aliphatic carbocycles. The van der Waals surface area contributed by atoms with E-state index in [9.17, 15) is 14.0 Å². The number of amides is 3. The van der Waals surface area contributed by atoms with Crippen molar-refractivity contribution in [3.8, 4) is 0 Å². The van der Waals surface area contributed by atoms with Gasteiger partial charge in [0.05, 0.1) is 0 Å². The number of benzene rings is 1. The molecule has 0 aromatic heterocycles. The average molecular weight is 362 g/mol. The van der Waals surface area contributed by atoms with Crippen LogP contribution in [0.15, 0.2) is 24.3 Å². The van der Waals surface area contributed by atoms with Crippen molar-refractivity contribution in [2.75, 3.05) is 39.3 Å². The highest BCUT2D eigenvalue weighted by Crippen LogP contribution is 2.23. The van der Waals surface area contributed by atoms with Crippen molar-refractivity contribution in [3.05, 3.63) is 35.6 Å². The van der Waals surface area contributed by atoms with Crippen LogP contribution in [0.25, 0.3) is 0 Å². The second-order valence-electron chi connectivity index (χ2n) is 6.93. The van der Waals surface area contributed by atoms with Gasteiger partial charge in [0.2, 0.25) is 5.91 Å². The first-order chi connectivity index (χ1) is 12.6. The molecule has 142 valence electrons. The quantitative estimate of drug-likeness (QED) is 0.860. The van der Waals surface area contributed by atoms with E-state index in [0.717, 1.165) is 19.6 Å². The summed E-state index contributed by atoms with van der Waals surface area (Å²) in [6, 6.07) is 4.77. The van der Waals surface area contributed by atoms with E-state index in [-0.39, 0.29) is 17.8 Å². The number of halogens is 1. The Morgan fingerprint density at radius 1 is 1.12 bits per heavy atom. The standard InChI is InChI=1S/C19H27FN4O2/c20-16-7-5-15(6-8-16)17-18(25)21-10-14-24(17)19(26)22-9-13-23-11-3-1-2-4-12-23/h5-8,17H,1-4,9-14H2,(H,21,25)(H,22,26)/t17-/m0/s1. The summed E-state index contributed by atoms with van der Waals surface area (Å²) in [6.45, 7) is 4.42. The Morgan fingerprint density at radius 3 is 2.50 bits per heavy atom. The van der Waals surface area contributed by atoms with Gasteiger partial charge in [-0.05, 0) is 43.6 Å². The van der Waals surface area contributed by atoms with Crippen LogP contribution in [0.1, 0.15) is 37.3 Å². The number of nitrogens with zero attached hydrogens (tertiary/aromatic N) is 2. The van der Waals surface area contributed by atoms with Crippen molar-refractivity contribution >= 4 is 11.9 Å². The molecule has 3 rings (SSSR count). The van der Waals surface area contributed by atoms with Crippen molar-refractivity contribution in [3.63, 3.8) is 0 Å². The molecule has 26 heavy (non-hydrogen) atoms. The minimum Gasteiger partial charge on any atom is -0.352 e. The van der Waals surface area contributed by atoms with E-state index in [1.54, 1.807) is 12.1 Å². The highest BCUT2D eigenvalue weighted by molar-refractivity contribution is 5.89. The summed E-state index contributed by atoms with van der Waals surface area (Å²) in [5, 5.41) is 5.73. The van der Waals surface area contributed by atoms with Gasteiger partial charge in [-0.2, -0.15) is 0 Å². The molecule has 2 fully saturated rings. The van der Waals surface area contributed by atoms with Gasteiger partial charge in [0.1, 0.15) is 11.9 Å². The van der Waals surface area contributed by atoms with E-state index in [4.69, 9.17) is 0 Å². The van der Waals surface area contributed by atoms with Gasteiger partial charge >= 0.3 is 6.03 Å². The van der Waals surface area contributed by atoms with Crippen LogP contribution in [0.4, 0.5) is 9.18 Å². The molecule has 1 aromatic rings. The zero-order valence-electron chi connectivity index (χ0n) is 15.0. The van der Waals surface area contributed by atoms with Crippen LogP contribution in [0, 0.1) is 5.82 Å². The fourth-order valence-corrected chi connectivity index (χ4v) is 3.64. The maximum Gasteiger partial charge on any atom is 0.318 e. The Balaban J connectivity index is 1.58. The molecule has 3 amide bonds. The van der Waals surface area contributed by atoms with E-state index in [0.29, 0.717) is 25.2 Å². The summed E-state index contributed by atoms with van der Waals surface area (Å²) >= 11 is 0. The smallest absolute Gasteiger partial charge is 0.318 e. The van der Waals surface area contributed by atoms with Crippen molar-refractivity contribution in [2.24, 2.45) is 0 Å². The zero-order chi connectivity index (χ0) is 18.4. The molecular weight excluding hydrogens is 335 g/mol. The molecule has 0 unspecified atom stereocenters. The Kier molecular flexibility index (Phi) is 6.44. The second kappa shape index (κ2) is 8.98. The summed E-state index contributed by atoms with van der Waals surface area (Å²) in [5.74, 6) is -0.594. The topological polar surface area (TPSA) is 64.7 Å². The average Bonchev–Trinajstić information content (AvgIpc) is 2.91. The number of carbonyl (C=O) groups is 2. The molecule has 6 nitrogen and oxygen atoms in total. The number of carbonyl (C=O) groups excluding carboxylic acids is 2. The summed E-state index contributed by atoms with van der Waals surface area (Å²) in [5.41, 5.74) is 0.617. The molecule has 0 spiro atoms. The fourth-order valence-electron chi connectivity index (χ4n) is 3.64. The summed E-state index contributed by atoms with van der Waals surface area (Å²) in [7, 11) is 0. The van der Waals surface area contributed by atoms with Gasteiger partial charge in [-0.3, -0.25) is 4.79 Å². The van der Waals surface area contributed by atoms with Crippen LogP contribution in [0.3, 0.4) is 0 Å². The largest absolute Gasteiger partial charge is 0.352 e. The zero-order valence-corrected chi connectivity index (χ0v) is 15.0. The van der Waals surface area contributed by atoms with Gasteiger partial charge in [-0.15, -0.1) is 0 Å². The molecule has 0 radical (unpaired) electrons. The van der Waals surface area contributed by atoms with E-state index < -0.39 is 6.04 Å². The molecule has 1 atom stereocenters. The van der Waals surface area contributed by atoms with Crippen molar-refractivity contribution < 1.29 is 14.0 Å². The molecule has 7 heteroatoms. The molecule has 2 saturated heterocycles. The number of hydrogen-bond donors (Lipinski definition) is 2. The number of urea groups is 1. The second-order valence-corrected chi connectivity index (χ2v) is 6.93. The number of piperazine rings is 1. The summed E-state index contributed by atoms with van der Waals surface area (Å²) in [4.78, 5) is 28.9. The molecule has 2 aliphatic heterocycles. The Labute approximate surface area is 153 Å². The maximum absolute atomic E-state index is 13.2. The van der Waals surface area contributed by atoms with Crippen LogP contribution in [-0.2, 0) is 4.79 Å². The van der Waals surface area contributed by atoms with Crippen LogP contribution >= 0.6 is 0 Å². The van der Waals surface area contributed by atoms with Crippen LogP contribution in [0.2, 0.25) is 0 Å². The van der Waals surface area contributed by atoms with E-state index in [1.165, 1.54) is 42.7 Å². The van der Waals surface area contributed by atoms with Crippen LogP contribution < -0.4 is 10.6 Å². The summed E-state index contributed by atoms with van der Waals surface area (Å²) in [6.07, 6.45) is 5.00. The molecule has 2 N–H and O–H groups in total. The van der Waals surface area contributed by atoms with Crippen molar-refractivity contribution in [1.29, 1.82) is 0 Å². The maximum atomic E-state index is 13.2. The van der Waals surface area contributed by atoms with Crippen molar-refractivity contribution in [2.45, 2.75) is 31.7 Å². The normalized spacial score (nSPS) is 21.8. The highest BCUT2D eigenvalue weighted by atomic mass is 19.1. The first kappa shape index (κ1) is 18.6. The third-order valence-corrected chi connectivity index (χ3v) is 5.06. The monoisotopic (exact) mass is 362 g/mol. The third-order valence-electron chi connectivity index (χ3n) is 5.06. The lowest BCUT2D eigenvalue weighted by atomic mass is 10.0. The summed E-state index contributed by atoms with van der Waals surface area (Å²) < 4.78 is 13.2. The van der Waals surface area contributed by atoms with E-state index in [2.05, 4.69) is 15.5 Å². The molecule has 0 saturated carbocycles. The number of rotatable bonds is 4. The first-order valence-electron chi connectivity index (χ1n) is 9.45. The molecule has 0 bridgehead atoms. The predicted molar refractivity (Wildman–Crippen MR) is 97.2 cm³/mol. The Hall–Kier alpha value is -2.15. The first-order valence-corrected chi connectivity index (χ1v) is 9.45. The Morgan fingerprint density at radius 2 is 1.81 bits per heavy atom. The molecule has 1 aromatic carbocycles. The van der Waals surface area contributed by atoms with Crippen LogP contribution in [0.5, 0.6) is 0 Å². The SMILES string of the molecule is O=C1NCCN(C(=O)NCCN2CCCCCC2)[C@H]1c1ccc(F)cc1. The minimum atomic E-state index is -0.720. The van der Waals surface area contributed by atoms with E-state index in [1.807, 2.05) is 0 Å². The van der Waals surface area contributed by atoms with Gasteiger partial charge in [0.25, 0.3) is 0 Å². The number of hydrogen-bond acceptors (Lipinski definition) is 3. The minimum absolute atomic E-state index is 0.231. The van der Waals surface area contributed by atoms with Crippen molar-refractivity contribution in [1.82, 2.24) is 20.4 Å². The lowest BCUT2D eigenvalue weighted by Crippen LogP contribution is -2.55. The molecular formula is C19H27FN4O2. The number of nitrogens with one attached hydrogen (secondary N) is 2. The van der Waals surface area contributed by atoms with Gasteiger partial charge in [0.15, 0.2) is 0 Å². The number of likely N-dealkylation sites (tertiary alicyclic amines) is 1. The van der Waals surface area contributed by atoms with Gasteiger partial charge in [-0.1, -0.05) is 25.0 Å². The van der Waals surface area contributed by atoms with E-state index >= 15 is 0 Å². The van der Waals surface area contributed by atoms with Crippen LogP contribution in [-0.4, -0.2) is 61.0 Å². The van der Waals surface area contributed by atoms with Gasteiger partial charge in [0, 0.05) is 26.2 Å². The lowest BCUT2D eigenvalue weighted by Gasteiger charge is -2.35. The van der Waals surface area contributed by atoms with Gasteiger partial charge < -0.3 is 20.4 Å². The third kappa shape index (κ3) is 4.72. The molecule has 2 aliphatic rings. The highest BCUT2D eigenvalue weighted by Gasteiger charge is 2.34. The predicted octanol–water partition coefficient (Wildman–Crippen LogP) is 1.88. The fraction of sp³-hybridized carbons (Fsp3) is 0.579. The van der Waals surface area contributed by atoms with Gasteiger partial charge in [-0.25, -0.2) is 9.18 Å².